The molecule has 2 heteroatoms. The van der Waals surface area contributed by atoms with Crippen molar-refractivity contribution >= 4 is 14.4 Å². The van der Waals surface area contributed by atoms with Gasteiger partial charge < -0.3 is 4.43 Å². The summed E-state index contributed by atoms with van der Waals surface area (Å²) >= 11 is 0. The summed E-state index contributed by atoms with van der Waals surface area (Å²) in [5.41, 5.74) is 1.16. The van der Waals surface area contributed by atoms with Crippen LogP contribution in [0.15, 0.2) is 48.7 Å². The smallest absolute Gasteiger partial charge is 0.250 e. The van der Waals surface area contributed by atoms with Crippen molar-refractivity contribution in [3.05, 3.63) is 54.3 Å². The lowest BCUT2D eigenvalue weighted by Crippen LogP contribution is -2.40. The lowest BCUT2D eigenvalue weighted by atomic mass is 10.2. The Bertz CT molecular complexity index is 424. The lowest BCUT2D eigenvalue weighted by molar-refractivity contribution is 0.402. The summed E-state index contributed by atoms with van der Waals surface area (Å²) in [7, 11) is -1.76. The molecule has 0 N–H and O–H groups in total. The van der Waals surface area contributed by atoms with E-state index in [0.29, 0.717) is 0 Å². The molecule has 0 aliphatic heterocycles. The second-order valence-electron chi connectivity index (χ2n) is 6.07. The van der Waals surface area contributed by atoms with Crippen molar-refractivity contribution in [1.82, 2.24) is 0 Å². The van der Waals surface area contributed by atoms with Gasteiger partial charge in [0.15, 0.2) is 0 Å². The molecule has 0 amide bonds. The largest absolute Gasteiger partial charge is 0.544 e. The van der Waals surface area contributed by atoms with Crippen LogP contribution in [0.4, 0.5) is 0 Å². The molecular formula is C16H24OSi. The van der Waals surface area contributed by atoms with E-state index in [0.717, 1.165) is 11.3 Å². The molecule has 0 fully saturated rings. The highest BCUT2D eigenvalue weighted by atomic mass is 28.4. The van der Waals surface area contributed by atoms with E-state index in [2.05, 4.69) is 52.6 Å². The van der Waals surface area contributed by atoms with Crippen LogP contribution in [0.5, 0.6) is 0 Å². The molecule has 0 bridgehead atoms. The van der Waals surface area contributed by atoms with Crippen LogP contribution in [0.3, 0.4) is 0 Å². The average Bonchev–Trinajstić information content (AvgIpc) is 2.26. The fourth-order valence-electron chi connectivity index (χ4n) is 1.27. The first-order valence-electron chi connectivity index (χ1n) is 6.33. The van der Waals surface area contributed by atoms with Crippen LogP contribution in [0, 0.1) is 0 Å². The highest BCUT2D eigenvalue weighted by Crippen LogP contribution is 2.37. The van der Waals surface area contributed by atoms with Crippen LogP contribution < -0.4 is 0 Å². The summed E-state index contributed by atoms with van der Waals surface area (Å²) in [4.78, 5) is 0. The van der Waals surface area contributed by atoms with E-state index < -0.39 is 8.32 Å². The average molecular weight is 260 g/mol. The first-order valence-corrected chi connectivity index (χ1v) is 9.24. The fourth-order valence-corrected chi connectivity index (χ4v) is 2.30. The maximum absolute atomic E-state index is 6.08. The molecule has 0 unspecified atom stereocenters. The molecule has 1 nitrogen and oxygen atoms in total. The van der Waals surface area contributed by atoms with Crippen LogP contribution in [-0.2, 0) is 4.43 Å². The Labute approximate surface area is 112 Å². The highest BCUT2D eigenvalue weighted by Gasteiger charge is 2.38. The van der Waals surface area contributed by atoms with Crippen molar-refractivity contribution in [2.24, 2.45) is 0 Å². The predicted molar refractivity (Wildman–Crippen MR) is 82.9 cm³/mol. The van der Waals surface area contributed by atoms with Gasteiger partial charge in [-0.15, -0.1) is 0 Å². The summed E-state index contributed by atoms with van der Waals surface area (Å²) in [6.45, 7) is 15.1. The molecule has 0 aliphatic carbocycles. The molecule has 0 saturated heterocycles. The maximum atomic E-state index is 6.08. The van der Waals surface area contributed by atoms with E-state index in [1.807, 2.05) is 30.4 Å². The number of rotatable bonds is 4. The van der Waals surface area contributed by atoms with Gasteiger partial charge in [0.1, 0.15) is 0 Å². The molecule has 0 spiro atoms. The van der Waals surface area contributed by atoms with E-state index in [-0.39, 0.29) is 5.04 Å². The van der Waals surface area contributed by atoms with Crippen molar-refractivity contribution in [2.45, 2.75) is 38.9 Å². The van der Waals surface area contributed by atoms with Gasteiger partial charge in [-0.3, -0.25) is 0 Å². The first kappa shape index (κ1) is 14.8. The molecule has 0 aromatic heterocycles. The Balaban J connectivity index is 2.66. The van der Waals surface area contributed by atoms with E-state index in [1.165, 1.54) is 0 Å². The number of allylic oxidation sites excluding steroid dienone is 1. The van der Waals surface area contributed by atoms with Crippen LogP contribution in [0.1, 0.15) is 26.3 Å². The lowest BCUT2D eigenvalue weighted by Gasteiger charge is -2.36. The van der Waals surface area contributed by atoms with E-state index >= 15 is 0 Å². The molecule has 1 aromatic carbocycles. The molecule has 1 aromatic rings. The Morgan fingerprint density at radius 2 is 1.72 bits per heavy atom. The van der Waals surface area contributed by atoms with Gasteiger partial charge >= 0.3 is 0 Å². The van der Waals surface area contributed by atoms with E-state index in [9.17, 15) is 0 Å². The molecule has 0 saturated carbocycles. The van der Waals surface area contributed by atoms with Crippen molar-refractivity contribution in [3.63, 3.8) is 0 Å². The summed E-state index contributed by atoms with van der Waals surface area (Å²) in [6.07, 6.45) is 3.99. The van der Waals surface area contributed by atoms with Crippen LogP contribution >= 0.6 is 0 Å². The molecule has 18 heavy (non-hydrogen) atoms. The van der Waals surface area contributed by atoms with Crippen molar-refractivity contribution in [2.75, 3.05) is 0 Å². The number of benzene rings is 1. The monoisotopic (exact) mass is 260 g/mol. The standard InChI is InChI=1S/C16H24OSi/c1-14(17-18(5,6)16(2,3)4)12-13-15-10-8-7-9-11-15/h7-13H,1H2,2-6H3/b13-12+. The highest BCUT2D eigenvalue weighted by molar-refractivity contribution is 6.74. The molecule has 0 heterocycles. The summed E-state index contributed by atoms with van der Waals surface area (Å²) in [5, 5.41) is 0.205. The van der Waals surface area contributed by atoms with E-state index in [4.69, 9.17) is 4.43 Å². The zero-order chi connectivity index (χ0) is 13.8. The molecule has 0 atom stereocenters. The zero-order valence-electron chi connectivity index (χ0n) is 12.2. The topological polar surface area (TPSA) is 9.23 Å². The van der Waals surface area contributed by atoms with Crippen molar-refractivity contribution < 1.29 is 4.43 Å². The van der Waals surface area contributed by atoms with Gasteiger partial charge in [0, 0.05) is 0 Å². The van der Waals surface area contributed by atoms with Crippen LogP contribution in [0.25, 0.3) is 6.08 Å². The van der Waals surface area contributed by atoms with Gasteiger partial charge in [-0.2, -0.15) is 0 Å². The Morgan fingerprint density at radius 3 is 2.22 bits per heavy atom. The van der Waals surface area contributed by atoms with Gasteiger partial charge in [-0.05, 0) is 29.8 Å². The summed E-state index contributed by atoms with van der Waals surface area (Å²) in [5.74, 6) is 0.755. The SMILES string of the molecule is C=C(/C=C/c1ccccc1)O[Si](C)(C)C(C)(C)C. The minimum Gasteiger partial charge on any atom is -0.544 e. The maximum Gasteiger partial charge on any atom is 0.250 e. The summed E-state index contributed by atoms with van der Waals surface area (Å²) in [6, 6.07) is 10.2. The Morgan fingerprint density at radius 1 is 1.17 bits per heavy atom. The molecule has 0 aliphatic rings. The third kappa shape index (κ3) is 4.19. The number of hydrogen-bond acceptors (Lipinski definition) is 1. The Kier molecular flexibility index (Phi) is 4.57. The van der Waals surface area contributed by atoms with Gasteiger partial charge in [-0.25, -0.2) is 0 Å². The minimum atomic E-state index is -1.76. The molecule has 0 radical (unpaired) electrons. The molecule has 1 rings (SSSR count). The van der Waals surface area contributed by atoms with Gasteiger partial charge in [-0.1, -0.05) is 63.8 Å². The van der Waals surface area contributed by atoms with Crippen LogP contribution in [-0.4, -0.2) is 8.32 Å². The van der Waals surface area contributed by atoms with Crippen molar-refractivity contribution in [1.29, 1.82) is 0 Å². The second kappa shape index (κ2) is 5.57. The third-order valence-corrected chi connectivity index (χ3v) is 7.84. The summed E-state index contributed by atoms with van der Waals surface area (Å²) < 4.78 is 6.08. The van der Waals surface area contributed by atoms with Gasteiger partial charge in [0.25, 0.3) is 0 Å². The molecule has 98 valence electrons. The third-order valence-electron chi connectivity index (χ3n) is 3.45. The normalized spacial score (nSPS) is 12.7. The number of hydrogen-bond donors (Lipinski definition) is 0. The van der Waals surface area contributed by atoms with Gasteiger partial charge in [0.05, 0.1) is 5.76 Å². The van der Waals surface area contributed by atoms with Crippen molar-refractivity contribution in [3.8, 4) is 0 Å². The fraction of sp³-hybridized carbons (Fsp3) is 0.375. The van der Waals surface area contributed by atoms with Gasteiger partial charge in [0.2, 0.25) is 8.32 Å². The zero-order valence-corrected chi connectivity index (χ0v) is 13.2. The molecular weight excluding hydrogens is 236 g/mol. The second-order valence-corrected chi connectivity index (χ2v) is 10.8. The van der Waals surface area contributed by atoms with Crippen LogP contribution in [0.2, 0.25) is 18.1 Å². The predicted octanol–water partition coefficient (Wildman–Crippen LogP) is 5.24. The quantitative estimate of drug-likeness (QED) is 0.409. The first-order chi connectivity index (χ1) is 8.22. The Hall–Kier alpha value is -1.28. The minimum absolute atomic E-state index is 0.205. The van der Waals surface area contributed by atoms with E-state index in [1.54, 1.807) is 0 Å².